The zero-order valence-corrected chi connectivity index (χ0v) is 13.0. The van der Waals surface area contributed by atoms with Crippen molar-refractivity contribution in [3.05, 3.63) is 29.3 Å². The Balaban J connectivity index is 1.78. The van der Waals surface area contributed by atoms with E-state index in [0.29, 0.717) is 11.3 Å². The summed E-state index contributed by atoms with van der Waals surface area (Å²) in [6.45, 7) is 0. The van der Waals surface area contributed by atoms with Gasteiger partial charge in [-0.15, -0.1) is 0 Å². The van der Waals surface area contributed by atoms with Crippen LogP contribution in [0.5, 0.6) is 0 Å². The first-order chi connectivity index (χ1) is 10.0. The lowest BCUT2D eigenvalue weighted by atomic mass is 9.92. The first-order valence-corrected chi connectivity index (χ1v) is 9.35. The Bertz CT molecular complexity index is 612. The molecular formula is C16H23NO3S. The summed E-state index contributed by atoms with van der Waals surface area (Å²) in [5.74, 6) is 0. The first-order valence-electron chi connectivity index (χ1n) is 7.87. The van der Waals surface area contributed by atoms with Gasteiger partial charge in [0.2, 0.25) is 10.0 Å². The van der Waals surface area contributed by atoms with Gasteiger partial charge in [-0.2, -0.15) is 0 Å². The second-order valence-corrected chi connectivity index (χ2v) is 7.99. The predicted molar refractivity (Wildman–Crippen MR) is 81.7 cm³/mol. The number of fused-ring (bicyclic) bond motifs is 1. The van der Waals surface area contributed by atoms with Crippen LogP contribution in [0.25, 0.3) is 0 Å². The Kier molecular flexibility index (Phi) is 4.33. The highest BCUT2D eigenvalue weighted by atomic mass is 32.2. The lowest BCUT2D eigenvalue weighted by Crippen LogP contribution is -2.39. The summed E-state index contributed by atoms with van der Waals surface area (Å²) in [6.07, 6.45) is 6.95. The number of sulfonamides is 1. The van der Waals surface area contributed by atoms with Crippen molar-refractivity contribution in [1.82, 2.24) is 4.72 Å². The van der Waals surface area contributed by atoms with Crippen LogP contribution < -0.4 is 4.72 Å². The molecular weight excluding hydrogens is 286 g/mol. The van der Waals surface area contributed by atoms with Gasteiger partial charge in [-0.05, 0) is 74.6 Å². The fraction of sp³-hybridized carbons (Fsp3) is 0.625. The van der Waals surface area contributed by atoms with Crippen molar-refractivity contribution in [2.24, 2.45) is 0 Å². The van der Waals surface area contributed by atoms with E-state index in [9.17, 15) is 13.5 Å². The fourth-order valence-corrected chi connectivity index (χ4v) is 4.77. The lowest BCUT2D eigenvalue weighted by molar-refractivity contribution is 0.117. The summed E-state index contributed by atoms with van der Waals surface area (Å²) in [6, 6.07) is 5.36. The molecule has 0 spiro atoms. The zero-order valence-electron chi connectivity index (χ0n) is 12.2. The highest BCUT2D eigenvalue weighted by molar-refractivity contribution is 7.89. The molecule has 1 saturated carbocycles. The molecule has 2 aliphatic carbocycles. The van der Waals surface area contributed by atoms with E-state index < -0.39 is 10.0 Å². The van der Waals surface area contributed by atoms with Crippen LogP contribution in [0, 0.1) is 0 Å². The molecule has 2 atom stereocenters. The number of hydrogen-bond acceptors (Lipinski definition) is 3. The van der Waals surface area contributed by atoms with E-state index in [4.69, 9.17) is 0 Å². The summed E-state index contributed by atoms with van der Waals surface area (Å²) >= 11 is 0. The third-order valence-electron chi connectivity index (χ3n) is 4.60. The van der Waals surface area contributed by atoms with Crippen molar-refractivity contribution in [3.8, 4) is 0 Å². The average Bonchev–Trinajstić information content (AvgIpc) is 2.46. The molecule has 2 aliphatic rings. The number of hydrogen-bond donors (Lipinski definition) is 2. The molecule has 0 heterocycles. The summed E-state index contributed by atoms with van der Waals surface area (Å²) in [5, 5.41) is 9.67. The summed E-state index contributed by atoms with van der Waals surface area (Å²) < 4.78 is 27.8. The Hall–Kier alpha value is -0.910. The third-order valence-corrected chi connectivity index (χ3v) is 6.12. The Morgan fingerprint density at radius 2 is 1.81 bits per heavy atom. The molecule has 21 heavy (non-hydrogen) atoms. The van der Waals surface area contributed by atoms with Gasteiger partial charge < -0.3 is 5.11 Å². The molecule has 116 valence electrons. The van der Waals surface area contributed by atoms with Gasteiger partial charge in [-0.25, -0.2) is 13.1 Å². The maximum atomic E-state index is 12.5. The Morgan fingerprint density at radius 1 is 1.05 bits per heavy atom. The third kappa shape index (κ3) is 3.47. The van der Waals surface area contributed by atoms with Crippen LogP contribution in [0.3, 0.4) is 0 Å². The summed E-state index contributed by atoms with van der Waals surface area (Å²) in [4.78, 5) is 0.364. The molecule has 1 aromatic rings. The van der Waals surface area contributed by atoms with E-state index in [1.165, 1.54) is 17.5 Å². The minimum atomic E-state index is -3.48. The van der Waals surface area contributed by atoms with E-state index in [2.05, 4.69) is 4.72 Å². The molecule has 3 rings (SSSR count). The molecule has 0 unspecified atom stereocenters. The van der Waals surface area contributed by atoms with Crippen molar-refractivity contribution in [3.63, 3.8) is 0 Å². The van der Waals surface area contributed by atoms with E-state index in [-0.39, 0.29) is 12.1 Å². The summed E-state index contributed by atoms with van der Waals surface area (Å²) in [7, 11) is -3.48. The normalized spacial score (nSPS) is 26.3. The molecule has 5 heteroatoms. The molecule has 0 bridgehead atoms. The zero-order chi connectivity index (χ0) is 14.9. The topological polar surface area (TPSA) is 66.4 Å². The van der Waals surface area contributed by atoms with Crippen molar-refractivity contribution >= 4 is 10.0 Å². The van der Waals surface area contributed by atoms with Crippen molar-refractivity contribution in [2.75, 3.05) is 0 Å². The van der Waals surface area contributed by atoms with Crippen molar-refractivity contribution in [1.29, 1.82) is 0 Å². The number of nitrogens with one attached hydrogen (secondary N) is 1. The van der Waals surface area contributed by atoms with Crippen LogP contribution in [0.4, 0.5) is 0 Å². The molecule has 1 fully saturated rings. The number of rotatable bonds is 3. The molecule has 0 amide bonds. The second-order valence-electron chi connectivity index (χ2n) is 6.28. The van der Waals surface area contributed by atoms with Crippen LogP contribution in [0.2, 0.25) is 0 Å². The molecule has 1 aromatic carbocycles. The Morgan fingerprint density at radius 3 is 2.57 bits per heavy atom. The molecule has 0 aliphatic heterocycles. The summed E-state index contributed by atoms with van der Waals surface area (Å²) in [5.41, 5.74) is 2.46. The standard InChI is InChI=1S/C16H23NO3S/c18-15-7-3-6-14(11-15)17-21(19,20)16-9-8-12-4-1-2-5-13(12)10-16/h8-10,14-15,17-18H,1-7,11H2/t14-,15+/m0/s1. The Labute approximate surface area is 126 Å². The molecule has 4 nitrogen and oxygen atoms in total. The van der Waals surface area contributed by atoms with Crippen molar-refractivity contribution in [2.45, 2.75) is 68.4 Å². The molecule has 0 aromatic heterocycles. The van der Waals surface area contributed by atoms with Crippen LogP contribution in [-0.2, 0) is 22.9 Å². The second kappa shape index (κ2) is 6.07. The lowest BCUT2D eigenvalue weighted by Gasteiger charge is -2.26. The van der Waals surface area contributed by atoms with E-state index in [1.54, 1.807) is 6.07 Å². The SMILES string of the molecule is O=S(=O)(N[C@H]1CCC[C@@H](O)C1)c1ccc2c(c1)CCCC2. The van der Waals surface area contributed by atoms with Gasteiger partial charge in [0.25, 0.3) is 0 Å². The minimum Gasteiger partial charge on any atom is -0.393 e. The monoisotopic (exact) mass is 309 g/mol. The number of aliphatic hydroxyl groups is 1. The van der Waals surface area contributed by atoms with Gasteiger partial charge in [-0.3, -0.25) is 0 Å². The van der Waals surface area contributed by atoms with Gasteiger partial charge in [-0.1, -0.05) is 6.07 Å². The van der Waals surface area contributed by atoms with Crippen LogP contribution in [0.1, 0.15) is 49.7 Å². The molecule has 0 radical (unpaired) electrons. The van der Waals surface area contributed by atoms with E-state index in [1.807, 2.05) is 12.1 Å². The fourth-order valence-electron chi connectivity index (χ4n) is 3.44. The van der Waals surface area contributed by atoms with Crippen LogP contribution >= 0.6 is 0 Å². The predicted octanol–water partition coefficient (Wildman–Crippen LogP) is 2.15. The largest absolute Gasteiger partial charge is 0.393 e. The van der Waals surface area contributed by atoms with Crippen LogP contribution in [-0.4, -0.2) is 25.7 Å². The van der Waals surface area contributed by atoms with E-state index in [0.717, 1.165) is 38.5 Å². The first kappa shape index (κ1) is 15.0. The number of aryl methyl sites for hydroxylation is 2. The highest BCUT2D eigenvalue weighted by Gasteiger charge is 2.26. The van der Waals surface area contributed by atoms with Gasteiger partial charge >= 0.3 is 0 Å². The average molecular weight is 309 g/mol. The van der Waals surface area contributed by atoms with E-state index >= 15 is 0 Å². The van der Waals surface area contributed by atoms with Gasteiger partial charge in [0, 0.05) is 6.04 Å². The maximum Gasteiger partial charge on any atom is 0.240 e. The molecule has 2 N–H and O–H groups in total. The maximum absolute atomic E-state index is 12.5. The van der Waals surface area contributed by atoms with Crippen molar-refractivity contribution < 1.29 is 13.5 Å². The number of aliphatic hydroxyl groups excluding tert-OH is 1. The number of benzene rings is 1. The van der Waals surface area contributed by atoms with Crippen LogP contribution in [0.15, 0.2) is 23.1 Å². The smallest absolute Gasteiger partial charge is 0.240 e. The van der Waals surface area contributed by atoms with Gasteiger partial charge in [0.1, 0.15) is 0 Å². The highest BCUT2D eigenvalue weighted by Crippen LogP contribution is 2.25. The molecule has 0 saturated heterocycles. The van der Waals surface area contributed by atoms with Gasteiger partial charge in [0.05, 0.1) is 11.0 Å². The quantitative estimate of drug-likeness (QED) is 0.899. The minimum absolute atomic E-state index is 0.144. The van der Waals surface area contributed by atoms with Gasteiger partial charge in [0.15, 0.2) is 0 Å².